The molecule has 0 aliphatic carbocycles. The van der Waals surface area contributed by atoms with Crippen LogP contribution < -0.4 is 10.5 Å². The van der Waals surface area contributed by atoms with Gasteiger partial charge in [-0.3, -0.25) is 9.78 Å². The standard InChI is InChI=1S/C22H17Br2N3O5S/c23-16-7-12(9-18(25)22(28)29)8-17(24)21(16)32-13-1-2-19-15(10-13)20(11-27-19)33(30,31)14-3-5-26-6-4-14/h1-8,10-11,18,27H,9,25H2,(H,28,29)/t18-/m1/s1. The Morgan fingerprint density at radius 2 is 1.79 bits per heavy atom. The van der Waals surface area contributed by atoms with Crippen LogP contribution in [0.4, 0.5) is 0 Å². The first-order valence-electron chi connectivity index (χ1n) is 9.57. The molecule has 0 unspecified atom stereocenters. The van der Waals surface area contributed by atoms with Gasteiger partial charge in [0, 0.05) is 29.5 Å². The first-order valence-corrected chi connectivity index (χ1v) is 12.6. The summed E-state index contributed by atoms with van der Waals surface area (Å²) in [6.45, 7) is 0. The van der Waals surface area contributed by atoms with Crippen molar-refractivity contribution in [3.05, 3.63) is 75.6 Å². The Morgan fingerprint density at radius 3 is 2.42 bits per heavy atom. The molecule has 8 nitrogen and oxygen atoms in total. The van der Waals surface area contributed by atoms with E-state index in [4.69, 9.17) is 15.6 Å². The van der Waals surface area contributed by atoms with Gasteiger partial charge in [-0.15, -0.1) is 0 Å². The topological polar surface area (TPSA) is 135 Å². The van der Waals surface area contributed by atoms with Gasteiger partial charge in [-0.2, -0.15) is 0 Å². The van der Waals surface area contributed by atoms with Gasteiger partial charge in [0.05, 0.1) is 18.7 Å². The Hall–Kier alpha value is -2.73. The molecule has 170 valence electrons. The number of aromatic nitrogens is 2. The summed E-state index contributed by atoms with van der Waals surface area (Å²) in [6.07, 6.45) is 4.46. The van der Waals surface area contributed by atoms with E-state index in [0.29, 0.717) is 36.9 Å². The molecule has 0 spiro atoms. The lowest BCUT2D eigenvalue weighted by Crippen LogP contribution is -2.32. The molecule has 11 heteroatoms. The Kier molecular flexibility index (Phi) is 6.57. The van der Waals surface area contributed by atoms with Crippen LogP contribution in [0, 0.1) is 0 Å². The van der Waals surface area contributed by atoms with E-state index >= 15 is 0 Å². The van der Waals surface area contributed by atoms with Crippen molar-refractivity contribution in [1.29, 1.82) is 0 Å². The van der Waals surface area contributed by atoms with Crippen LogP contribution in [0.15, 0.2) is 79.8 Å². The van der Waals surface area contributed by atoms with Gasteiger partial charge in [-0.05, 0) is 86.3 Å². The fourth-order valence-corrected chi connectivity index (χ4v) is 6.14. The molecule has 0 amide bonds. The van der Waals surface area contributed by atoms with E-state index in [1.54, 1.807) is 30.3 Å². The summed E-state index contributed by atoms with van der Waals surface area (Å²) in [5, 5.41) is 9.52. The zero-order valence-electron chi connectivity index (χ0n) is 16.8. The number of aromatic amines is 1. The molecule has 2 aromatic carbocycles. The Labute approximate surface area is 206 Å². The number of carboxylic acid groups (broad SMARTS) is 1. The van der Waals surface area contributed by atoms with Crippen LogP contribution in [0.5, 0.6) is 11.5 Å². The third-order valence-corrected chi connectivity index (χ3v) is 7.90. The summed E-state index contributed by atoms with van der Waals surface area (Å²) in [6, 6.07) is 10.4. The molecule has 0 aliphatic heterocycles. The zero-order valence-corrected chi connectivity index (χ0v) is 20.8. The highest BCUT2D eigenvalue weighted by Crippen LogP contribution is 2.39. The summed E-state index contributed by atoms with van der Waals surface area (Å²) >= 11 is 6.90. The number of fused-ring (bicyclic) bond motifs is 1. The van der Waals surface area contributed by atoms with Gasteiger partial charge in [-0.25, -0.2) is 8.42 Å². The number of halogens is 2. The number of nitrogens with one attached hydrogen (secondary N) is 1. The number of benzene rings is 2. The van der Waals surface area contributed by atoms with Crippen molar-refractivity contribution < 1.29 is 23.1 Å². The highest BCUT2D eigenvalue weighted by molar-refractivity contribution is 9.11. The largest absolute Gasteiger partial charge is 0.480 e. The second kappa shape index (κ2) is 9.26. The van der Waals surface area contributed by atoms with Crippen LogP contribution in [0.1, 0.15) is 5.56 Å². The van der Waals surface area contributed by atoms with E-state index in [0.717, 1.165) is 0 Å². The Bertz CT molecular complexity index is 1430. The number of aliphatic carboxylic acids is 1. The Morgan fingerprint density at radius 1 is 1.12 bits per heavy atom. The molecule has 0 bridgehead atoms. The molecule has 0 saturated carbocycles. The van der Waals surface area contributed by atoms with Crippen molar-refractivity contribution in [2.75, 3.05) is 0 Å². The van der Waals surface area contributed by atoms with Crippen LogP contribution in [-0.2, 0) is 21.1 Å². The molecule has 2 heterocycles. The van der Waals surface area contributed by atoms with E-state index in [1.807, 2.05) is 0 Å². The van der Waals surface area contributed by atoms with Crippen LogP contribution in [0.25, 0.3) is 10.9 Å². The first kappa shape index (κ1) is 23.4. The van der Waals surface area contributed by atoms with Crippen molar-refractivity contribution in [3.63, 3.8) is 0 Å². The van der Waals surface area contributed by atoms with Gasteiger partial charge < -0.3 is 20.6 Å². The number of carbonyl (C=O) groups is 1. The van der Waals surface area contributed by atoms with E-state index in [-0.39, 0.29) is 16.2 Å². The first-order chi connectivity index (χ1) is 15.7. The summed E-state index contributed by atoms with van der Waals surface area (Å²) in [7, 11) is -3.76. The number of nitrogens with two attached hydrogens (primary N) is 1. The normalized spacial score (nSPS) is 12.6. The maximum absolute atomic E-state index is 13.1. The molecule has 1 atom stereocenters. The molecule has 4 rings (SSSR count). The van der Waals surface area contributed by atoms with E-state index in [9.17, 15) is 13.2 Å². The summed E-state index contributed by atoms with van der Waals surface area (Å²) in [5.74, 6) is -0.208. The number of nitrogens with zero attached hydrogens (tertiary/aromatic N) is 1. The molecular formula is C22H17Br2N3O5S. The average Bonchev–Trinajstić information content (AvgIpc) is 3.21. The van der Waals surface area contributed by atoms with Gasteiger partial charge in [0.2, 0.25) is 9.84 Å². The molecule has 0 radical (unpaired) electrons. The van der Waals surface area contributed by atoms with Crippen LogP contribution in [-0.4, -0.2) is 35.5 Å². The molecule has 0 saturated heterocycles. The van der Waals surface area contributed by atoms with Crippen molar-refractivity contribution in [2.24, 2.45) is 5.73 Å². The van der Waals surface area contributed by atoms with Crippen LogP contribution in [0.2, 0.25) is 0 Å². The third kappa shape index (κ3) is 4.81. The van der Waals surface area contributed by atoms with Crippen molar-refractivity contribution >= 4 is 58.6 Å². The smallest absolute Gasteiger partial charge is 0.320 e. The lowest BCUT2D eigenvalue weighted by molar-refractivity contribution is -0.138. The molecule has 0 fully saturated rings. The van der Waals surface area contributed by atoms with E-state index < -0.39 is 21.8 Å². The average molecular weight is 595 g/mol. The van der Waals surface area contributed by atoms with Gasteiger partial charge in [0.15, 0.2) is 5.75 Å². The van der Waals surface area contributed by atoms with Gasteiger partial charge >= 0.3 is 5.97 Å². The molecule has 2 aromatic heterocycles. The van der Waals surface area contributed by atoms with Crippen LogP contribution in [0.3, 0.4) is 0 Å². The number of sulfone groups is 1. The second-order valence-electron chi connectivity index (χ2n) is 7.19. The minimum atomic E-state index is -3.76. The monoisotopic (exact) mass is 593 g/mol. The lowest BCUT2D eigenvalue weighted by atomic mass is 10.1. The number of ether oxygens (including phenoxy) is 1. The molecular weight excluding hydrogens is 578 g/mol. The highest BCUT2D eigenvalue weighted by atomic mass is 79.9. The second-order valence-corrected chi connectivity index (χ2v) is 10.8. The van der Waals surface area contributed by atoms with Gasteiger partial charge in [0.1, 0.15) is 11.8 Å². The number of hydrogen-bond acceptors (Lipinski definition) is 6. The van der Waals surface area contributed by atoms with Crippen LogP contribution >= 0.6 is 31.9 Å². The van der Waals surface area contributed by atoms with Crippen molar-refractivity contribution in [1.82, 2.24) is 9.97 Å². The van der Waals surface area contributed by atoms with Gasteiger partial charge in [-0.1, -0.05) is 0 Å². The number of carboxylic acids is 1. The zero-order chi connectivity index (χ0) is 23.8. The minimum absolute atomic E-state index is 0.130. The molecule has 4 aromatic rings. The molecule has 0 aliphatic rings. The van der Waals surface area contributed by atoms with Gasteiger partial charge in [0.25, 0.3) is 0 Å². The van der Waals surface area contributed by atoms with E-state index in [2.05, 4.69) is 41.8 Å². The minimum Gasteiger partial charge on any atom is -0.480 e. The summed E-state index contributed by atoms with van der Waals surface area (Å²) in [5.41, 5.74) is 6.98. The molecule has 4 N–H and O–H groups in total. The fourth-order valence-electron chi connectivity index (χ4n) is 3.29. The summed E-state index contributed by atoms with van der Waals surface area (Å²) < 4.78 is 33.4. The SMILES string of the molecule is N[C@H](Cc1cc(Br)c(Oc2ccc3[nH]cc(S(=O)(=O)c4ccncc4)c3c2)c(Br)c1)C(=O)O. The number of pyridine rings is 1. The fraction of sp³-hybridized carbons (Fsp3) is 0.0909. The van der Waals surface area contributed by atoms with Crippen molar-refractivity contribution in [3.8, 4) is 11.5 Å². The highest BCUT2D eigenvalue weighted by Gasteiger charge is 2.22. The summed E-state index contributed by atoms with van der Waals surface area (Å²) in [4.78, 5) is 18.2. The molecule has 33 heavy (non-hydrogen) atoms. The number of hydrogen-bond donors (Lipinski definition) is 3. The number of rotatable bonds is 7. The quantitative estimate of drug-likeness (QED) is 0.283. The third-order valence-electron chi connectivity index (χ3n) is 4.92. The lowest BCUT2D eigenvalue weighted by Gasteiger charge is -2.13. The Balaban J connectivity index is 1.68. The maximum Gasteiger partial charge on any atom is 0.320 e. The number of H-pyrrole nitrogens is 1. The van der Waals surface area contributed by atoms with E-state index in [1.165, 1.54) is 30.7 Å². The predicted molar refractivity (Wildman–Crippen MR) is 129 cm³/mol. The van der Waals surface area contributed by atoms with Crippen molar-refractivity contribution in [2.45, 2.75) is 22.3 Å². The maximum atomic E-state index is 13.1. The predicted octanol–water partition coefficient (Wildman–Crippen LogP) is 4.67.